The molecule has 172 valence electrons. The lowest BCUT2D eigenvalue weighted by molar-refractivity contribution is 0.171. The molecule has 0 bridgehead atoms. The lowest BCUT2D eigenvalue weighted by Crippen LogP contribution is -2.26. The Morgan fingerprint density at radius 3 is 2.26 bits per heavy atom. The molecule has 0 saturated carbocycles. The monoisotopic (exact) mass is 434 g/mol. The summed E-state index contributed by atoms with van der Waals surface area (Å²) in [6, 6.07) is 10.9. The van der Waals surface area contributed by atoms with Crippen LogP contribution in [0.25, 0.3) is 0 Å². The minimum absolute atomic E-state index is 0.281. The zero-order chi connectivity index (χ0) is 22.6. The Morgan fingerprint density at radius 2 is 1.61 bits per heavy atom. The van der Waals surface area contributed by atoms with E-state index in [2.05, 4.69) is 16.7 Å². The molecule has 0 N–H and O–H groups in total. The topological polar surface area (TPSA) is 43.4 Å². The summed E-state index contributed by atoms with van der Waals surface area (Å²) in [5.41, 5.74) is 1.86. The molecule has 6 nitrogen and oxygen atoms in total. The van der Waals surface area contributed by atoms with Gasteiger partial charge in [-0.25, -0.2) is 4.39 Å². The normalized spacial score (nSPS) is 10.9. The SMILES string of the molecule is CCN(Cc1ccc(OCCN(C)CCCOC)c(F)c1)c1ccc(OC)c(OC)c1. The molecule has 0 fully saturated rings. The number of nitrogens with zero attached hydrogens (tertiary/aromatic N) is 2. The summed E-state index contributed by atoms with van der Waals surface area (Å²) in [5.74, 6) is 1.28. The summed E-state index contributed by atoms with van der Waals surface area (Å²) >= 11 is 0. The molecule has 0 amide bonds. The number of likely N-dealkylation sites (N-methyl/N-ethyl adjacent to an activating group) is 1. The molecule has 7 heteroatoms. The molecular formula is C24H35FN2O4. The van der Waals surface area contributed by atoms with E-state index in [1.54, 1.807) is 33.5 Å². The van der Waals surface area contributed by atoms with Gasteiger partial charge in [-0.05, 0) is 50.2 Å². The van der Waals surface area contributed by atoms with Crippen LogP contribution in [0.4, 0.5) is 10.1 Å². The first kappa shape index (κ1) is 24.8. The van der Waals surface area contributed by atoms with Crippen LogP contribution in [-0.2, 0) is 11.3 Å². The summed E-state index contributed by atoms with van der Waals surface area (Å²) in [6.45, 7) is 6.23. The first-order valence-corrected chi connectivity index (χ1v) is 10.6. The van der Waals surface area contributed by atoms with Crippen LogP contribution in [0.1, 0.15) is 18.9 Å². The predicted molar refractivity (Wildman–Crippen MR) is 122 cm³/mol. The lowest BCUT2D eigenvalue weighted by Gasteiger charge is -2.24. The number of hydrogen-bond donors (Lipinski definition) is 0. The second-order valence-electron chi connectivity index (χ2n) is 7.32. The third kappa shape index (κ3) is 7.60. The molecule has 0 aliphatic carbocycles. The van der Waals surface area contributed by atoms with Crippen molar-refractivity contribution in [2.45, 2.75) is 19.9 Å². The van der Waals surface area contributed by atoms with E-state index in [9.17, 15) is 4.39 Å². The number of benzene rings is 2. The minimum Gasteiger partial charge on any atom is -0.493 e. The molecule has 0 spiro atoms. The highest BCUT2D eigenvalue weighted by molar-refractivity contribution is 5.56. The van der Waals surface area contributed by atoms with E-state index in [0.29, 0.717) is 24.7 Å². The van der Waals surface area contributed by atoms with Gasteiger partial charge in [-0.2, -0.15) is 0 Å². The van der Waals surface area contributed by atoms with Crippen LogP contribution in [0.2, 0.25) is 0 Å². The molecule has 2 rings (SSSR count). The van der Waals surface area contributed by atoms with Crippen molar-refractivity contribution in [3.63, 3.8) is 0 Å². The van der Waals surface area contributed by atoms with Gasteiger partial charge >= 0.3 is 0 Å². The van der Waals surface area contributed by atoms with Crippen LogP contribution in [0.5, 0.6) is 17.2 Å². The lowest BCUT2D eigenvalue weighted by atomic mass is 10.1. The molecule has 0 aromatic heterocycles. The van der Waals surface area contributed by atoms with Gasteiger partial charge in [0.1, 0.15) is 6.61 Å². The molecular weight excluding hydrogens is 399 g/mol. The number of ether oxygens (including phenoxy) is 4. The third-order valence-corrected chi connectivity index (χ3v) is 5.10. The van der Waals surface area contributed by atoms with Gasteiger partial charge < -0.3 is 28.7 Å². The summed E-state index contributed by atoms with van der Waals surface area (Å²) in [5, 5.41) is 0. The third-order valence-electron chi connectivity index (χ3n) is 5.10. The van der Waals surface area contributed by atoms with Crippen molar-refractivity contribution >= 4 is 5.69 Å². The van der Waals surface area contributed by atoms with Crippen molar-refractivity contribution < 1.29 is 23.3 Å². The Kier molecular flexibility index (Phi) is 10.4. The summed E-state index contributed by atoms with van der Waals surface area (Å²) < 4.78 is 36.0. The van der Waals surface area contributed by atoms with Gasteiger partial charge in [-0.1, -0.05) is 6.07 Å². The highest BCUT2D eigenvalue weighted by Gasteiger charge is 2.12. The van der Waals surface area contributed by atoms with Crippen molar-refractivity contribution in [2.75, 3.05) is 66.1 Å². The van der Waals surface area contributed by atoms with Gasteiger partial charge in [0.05, 0.1) is 14.2 Å². The summed E-state index contributed by atoms with van der Waals surface area (Å²) in [4.78, 5) is 4.29. The van der Waals surface area contributed by atoms with Gasteiger partial charge in [-0.15, -0.1) is 0 Å². The van der Waals surface area contributed by atoms with Crippen LogP contribution < -0.4 is 19.1 Å². The van der Waals surface area contributed by atoms with Crippen LogP contribution in [0.15, 0.2) is 36.4 Å². The Hall–Kier alpha value is -2.51. The van der Waals surface area contributed by atoms with Crippen LogP contribution in [0.3, 0.4) is 0 Å². The average Bonchev–Trinajstić information content (AvgIpc) is 2.78. The molecule has 2 aromatic rings. The van der Waals surface area contributed by atoms with E-state index in [0.717, 1.165) is 43.9 Å². The fourth-order valence-corrected chi connectivity index (χ4v) is 3.29. The maximum atomic E-state index is 14.6. The maximum absolute atomic E-state index is 14.6. The maximum Gasteiger partial charge on any atom is 0.165 e. The molecule has 0 unspecified atom stereocenters. The van der Waals surface area contributed by atoms with Gasteiger partial charge in [0, 0.05) is 51.6 Å². The van der Waals surface area contributed by atoms with Crippen LogP contribution >= 0.6 is 0 Å². The zero-order valence-electron chi connectivity index (χ0n) is 19.3. The molecule has 0 atom stereocenters. The van der Waals surface area contributed by atoms with E-state index >= 15 is 0 Å². The van der Waals surface area contributed by atoms with E-state index in [-0.39, 0.29) is 11.6 Å². The van der Waals surface area contributed by atoms with Crippen LogP contribution in [-0.4, -0.2) is 66.1 Å². The van der Waals surface area contributed by atoms with Crippen LogP contribution in [0, 0.1) is 5.82 Å². The van der Waals surface area contributed by atoms with Gasteiger partial charge in [0.25, 0.3) is 0 Å². The van der Waals surface area contributed by atoms with Crippen molar-refractivity contribution in [1.29, 1.82) is 0 Å². The average molecular weight is 435 g/mol. The van der Waals surface area contributed by atoms with Gasteiger partial charge in [0.15, 0.2) is 23.1 Å². The number of anilines is 1. The first-order chi connectivity index (χ1) is 15.0. The van der Waals surface area contributed by atoms with Crippen molar-refractivity contribution in [3.05, 3.63) is 47.8 Å². The van der Waals surface area contributed by atoms with E-state index in [1.165, 1.54) is 0 Å². The fraction of sp³-hybridized carbons (Fsp3) is 0.500. The van der Waals surface area contributed by atoms with Gasteiger partial charge in [-0.3, -0.25) is 0 Å². The Labute approximate surface area is 185 Å². The number of halogens is 1. The van der Waals surface area contributed by atoms with Crippen molar-refractivity contribution in [3.8, 4) is 17.2 Å². The molecule has 31 heavy (non-hydrogen) atoms. The Balaban J connectivity index is 1.96. The van der Waals surface area contributed by atoms with Gasteiger partial charge in [0.2, 0.25) is 0 Å². The molecule has 0 saturated heterocycles. The molecule has 2 aromatic carbocycles. The minimum atomic E-state index is -0.345. The molecule has 0 heterocycles. The largest absolute Gasteiger partial charge is 0.493 e. The zero-order valence-corrected chi connectivity index (χ0v) is 19.3. The molecule has 0 aliphatic heterocycles. The number of hydrogen-bond acceptors (Lipinski definition) is 6. The second-order valence-corrected chi connectivity index (χ2v) is 7.32. The van der Waals surface area contributed by atoms with E-state index in [1.807, 2.05) is 31.3 Å². The fourth-order valence-electron chi connectivity index (χ4n) is 3.29. The molecule has 0 radical (unpaired) electrons. The standard InChI is InChI=1S/C24H35FN2O4/c1-6-27(20-9-11-23(29-4)24(17-20)30-5)18-19-8-10-22(21(25)16-19)31-15-13-26(2)12-7-14-28-3/h8-11,16-17H,6-7,12-15,18H2,1-5H3. The first-order valence-electron chi connectivity index (χ1n) is 10.6. The second kappa shape index (κ2) is 13.0. The Bertz CT molecular complexity index is 803. The highest BCUT2D eigenvalue weighted by Crippen LogP contribution is 2.32. The Morgan fingerprint density at radius 1 is 0.871 bits per heavy atom. The van der Waals surface area contributed by atoms with E-state index in [4.69, 9.17) is 18.9 Å². The quantitative estimate of drug-likeness (QED) is 0.415. The smallest absolute Gasteiger partial charge is 0.165 e. The number of rotatable bonds is 14. The van der Waals surface area contributed by atoms with Crippen molar-refractivity contribution in [1.82, 2.24) is 4.90 Å². The molecule has 0 aliphatic rings. The van der Waals surface area contributed by atoms with Crippen molar-refractivity contribution in [2.24, 2.45) is 0 Å². The summed E-state index contributed by atoms with van der Waals surface area (Å²) in [6.07, 6.45) is 0.962. The number of methoxy groups -OCH3 is 3. The highest BCUT2D eigenvalue weighted by atomic mass is 19.1. The predicted octanol–water partition coefficient (Wildman–Crippen LogP) is 4.22. The van der Waals surface area contributed by atoms with E-state index < -0.39 is 0 Å². The summed E-state index contributed by atoms with van der Waals surface area (Å²) in [7, 11) is 6.94.